The average Bonchev–Trinajstić information content (AvgIpc) is 2.54. The Labute approximate surface area is 137 Å². The number of hydrogen-bond donors (Lipinski definition) is 1. The van der Waals surface area contributed by atoms with Crippen molar-refractivity contribution < 1.29 is 9.35 Å². The van der Waals surface area contributed by atoms with Gasteiger partial charge >= 0.3 is 0 Å². The highest BCUT2D eigenvalue weighted by Crippen LogP contribution is 2.31. The number of carbonyl (C=O) groups excluding carboxylic acids is 1. The average molecular weight is 324 g/mol. The molecular formula is C18H16N2O2S. The number of rotatable bonds is 4. The fourth-order valence-corrected chi connectivity index (χ4v) is 3.40. The number of pyridine rings is 1. The molecule has 5 heteroatoms. The summed E-state index contributed by atoms with van der Waals surface area (Å²) in [6.07, 6.45) is 1.61. The van der Waals surface area contributed by atoms with Crippen LogP contribution < -0.4 is 5.73 Å². The molecular weight excluding hydrogens is 308 g/mol. The highest BCUT2D eigenvalue weighted by atomic mass is 32.2. The van der Waals surface area contributed by atoms with Gasteiger partial charge in [-0.15, -0.1) is 0 Å². The minimum absolute atomic E-state index is 0.236. The predicted molar refractivity (Wildman–Crippen MR) is 93.5 cm³/mol. The van der Waals surface area contributed by atoms with Crippen LogP contribution in [0.3, 0.4) is 0 Å². The Balaban J connectivity index is 2.40. The summed E-state index contributed by atoms with van der Waals surface area (Å²) in [4.78, 5) is 16.8. The summed E-state index contributed by atoms with van der Waals surface area (Å²) in [6.45, 7) is 0. The number of amides is 1. The molecule has 116 valence electrons. The molecule has 1 aromatic heterocycles. The van der Waals surface area contributed by atoms with Gasteiger partial charge < -0.3 is 10.3 Å². The van der Waals surface area contributed by atoms with Crippen molar-refractivity contribution in [3.8, 4) is 11.3 Å². The maximum Gasteiger partial charge on any atom is 0.249 e. The lowest BCUT2D eigenvalue weighted by Crippen LogP contribution is -2.18. The van der Waals surface area contributed by atoms with Gasteiger partial charge in [0.1, 0.15) is 5.75 Å². The van der Waals surface area contributed by atoms with E-state index in [1.165, 1.54) is 0 Å². The highest BCUT2D eigenvalue weighted by molar-refractivity contribution is 7.89. The summed E-state index contributed by atoms with van der Waals surface area (Å²) in [5.41, 5.74) is 8.92. The maximum absolute atomic E-state index is 12.1. The molecule has 2 N–H and O–H groups in total. The van der Waals surface area contributed by atoms with Crippen LogP contribution in [0.5, 0.6) is 0 Å². The van der Waals surface area contributed by atoms with Gasteiger partial charge in [0, 0.05) is 16.5 Å². The van der Waals surface area contributed by atoms with E-state index in [9.17, 15) is 9.35 Å². The van der Waals surface area contributed by atoms with Gasteiger partial charge in [-0.2, -0.15) is 0 Å². The molecule has 1 unspecified atom stereocenters. The molecule has 0 aliphatic rings. The molecule has 0 saturated heterocycles. The van der Waals surface area contributed by atoms with Crippen LogP contribution >= 0.6 is 0 Å². The number of primary amides is 1. The number of benzene rings is 2. The summed E-state index contributed by atoms with van der Waals surface area (Å²) in [5, 5.41) is 0.695. The lowest BCUT2D eigenvalue weighted by Gasteiger charge is -2.16. The molecule has 0 saturated carbocycles. The number of carbonyl (C=O) groups is 1. The van der Waals surface area contributed by atoms with Gasteiger partial charge in [0.25, 0.3) is 0 Å². The summed E-state index contributed by atoms with van der Waals surface area (Å²) in [5.74, 6) is -0.290. The Bertz CT molecular complexity index is 864. The van der Waals surface area contributed by atoms with E-state index in [2.05, 4.69) is 0 Å². The number of nitrogens with zero attached hydrogens (tertiary/aromatic N) is 1. The summed E-state index contributed by atoms with van der Waals surface area (Å²) in [7, 11) is 0. The molecule has 4 nitrogen and oxygen atoms in total. The van der Waals surface area contributed by atoms with Crippen LogP contribution in [-0.2, 0) is 16.9 Å². The SMILES string of the molecule is C[S+]([O-])Cc1c(-c2ccccc2)nc2ccccc2c1C(N)=O. The molecule has 1 atom stereocenters. The van der Waals surface area contributed by atoms with Crippen molar-refractivity contribution in [2.45, 2.75) is 5.75 Å². The first-order valence-electron chi connectivity index (χ1n) is 7.15. The largest absolute Gasteiger partial charge is 0.616 e. The Morgan fingerprint density at radius 2 is 1.78 bits per heavy atom. The first-order valence-corrected chi connectivity index (χ1v) is 8.87. The highest BCUT2D eigenvalue weighted by Gasteiger charge is 2.22. The van der Waals surface area contributed by atoms with Gasteiger partial charge in [-0.1, -0.05) is 59.7 Å². The first-order chi connectivity index (χ1) is 11.1. The quantitative estimate of drug-likeness (QED) is 0.749. The Hall–Kier alpha value is -2.37. The van der Waals surface area contributed by atoms with Crippen molar-refractivity contribution in [1.29, 1.82) is 0 Å². The molecule has 0 bridgehead atoms. The van der Waals surface area contributed by atoms with E-state index in [1.54, 1.807) is 6.26 Å². The zero-order valence-corrected chi connectivity index (χ0v) is 13.5. The molecule has 0 fully saturated rings. The second-order valence-corrected chi connectivity index (χ2v) is 6.71. The maximum atomic E-state index is 12.1. The van der Waals surface area contributed by atoms with Crippen LogP contribution in [0.15, 0.2) is 54.6 Å². The van der Waals surface area contributed by atoms with Crippen molar-refractivity contribution in [1.82, 2.24) is 4.98 Å². The van der Waals surface area contributed by atoms with Crippen molar-refractivity contribution >= 4 is 28.0 Å². The smallest absolute Gasteiger partial charge is 0.249 e. The molecule has 0 spiro atoms. The Morgan fingerprint density at radius 1 is 1.13 bits per heavy atom. The third kappa shape index (κ3) is 3.06. The van der Waals surface area contributed by atoms with Crippen LogP contribution in [0.1, 0.15) is 15.9 Å². The number of nitrogens with two attached hydrogens (primary N) is 1. The number of para-hydroxylation sites is 1. The van der Waals surface area contributed by atoms with Crippen LogP contribution in [0.4, 0.5) is 0 Å². The molecule has 23 heavy (non-hydrogen) atoms. The number of hydrogen-bond acceptors (Lipinski definition) is 3. The summed E-state index contributed by atoms with van der Waals surface area (Å²) >= 11 is -1.12. The fraction of sp³-hybridized carbons (Fsp3) is 0.111. The molecule has 1 heterocycles. The van der Waals surface area contributed by atoms with Crippen molar-refractivity contribution in [2.24, 2.45) is 5.73 Å². The zero-order chi connectivity index (χ0) is 16.4. The van der Waals surface area contributed by atoms with Crippen LogP contribution in [0.2, 0.25) is 0 Å². The molecule has 3 aromatic rings. The Morgan fingerprint density at radius 3 is 2.43 bits per heavy atom. The van der Waals surface area contributed by atoms with Gasteiger partial charge in [-0.05, 0) is 6.07 Å². The minimum Gasteiger partial charge on any atom is -0.616 e. The third-order valence-electron chi connectivity index (χ3n) is 3.63. The number of aromatic nitrogens is 1. The van der Waals surface area contributed by atoms with E-state index in [1.807, 2.05) is 54.6 Å². The third-order valence-corrected chi connectivity index (χ3v) is 4.33. The van der Waals surface area contributed by atoms with Gasteiger partial charge in [-0.3, -0.25) is 4.79 Å². The van der Waals surface area contributed by atoms with Crippen LogP contribution in [0.25, 0.3) is 22.2 Å². The monoisotopic (exact) mass is 324 g/mol. The molecule has 0 radical (unpaired) electrons. The van der Waals surface area contributed by atoms with E-state index in [4.69, 9.17) is 10.7 Å². The molecule has 2 aromatic carbocycles. The summed E-state index contributed by atoms with van der Waals surface area (Å²) < 4.78 is 11.8. The summed E-state index contributed by atoms with van der Waals surface area (Å²) in [6, 6.07) is 16.9. The first kappa shape index (κ1) is 15.5. The van der Waals surface area contributed by atoms with Gasteiger partial charge in [0.05, 0.1) is 23.0 Å². The molecule has 1 amide bonds. The van der Waals surface area contributed by atoms with Crippen molar-refractivity contribution in [3.63, 3.8) is 0 Å². The van der Waals surface area contributed by atoms with Gasteiger partial charge in [0.15, 0.2) is 0 Å². The lowest BCUT2D eigenvalue weighted by atomic mass is 9.97. The second-order valence-electron chi connectivity index (χ2n) is 5.28. The van der Waals surface area contributed by atoms with E-state index in [-0.39, 0.29) is 5.75 Å². The van der Waals surface area contributed by atoms with E-state index < -0.39 is 17.1 Å². The fourth-order valence-electron chi connectivity index (χ4n) is 2.71. The van der Waals surface area contributed by atoms with Crippen molar-refractivity contribution in [2.75, 3.05) is 6.26 Å². The van der Waals surface area contributed by atoms with Gasteiger partial charge in [-0.25, -0.2) is 4.98 Å². The molecule has 0 aliphatic heterocycles. The van der Waals surface area contributed by atoms with Crippen LogP contribution in [-0.4, -0.2) is 21.7 Å². The second kappa shape index (κ2) is 6.40. The molecule has 0 aliphatic carbocycles. The minimum atomic E-state index is -1.12. The van der Waals surface area contributed by atoms with E-state index in [0.717, 1.165) is 5.56 Å². The van der Waals surface area contributed by atoms with Crippen LogP contribution in [0, 0.1) is 0 Å². The number of fused-ring (bicyclic) bond motifs is 1. The molecule has 3 rings (SSSR count). The topological polar surface area (TPSA) is 79.0 Å². The lowest BCUT2D eigenvalue weighted by molar-refractivity contribution is 0.100. The van der Waals surface area contributed by atoms with Crippen molar-refractivity contribution in [3.05, 3.63) is 65.7 Å². The zero-order valence-electron chi connectivity index (χ0n) is 12.7. The van der Waals surface area contributed by atoms with E-state index >= 15 is 0 Å². The predicted octanol–water partition coefficient (Wildman–Crippen LogP) is 2.88. The normalized spacial score (nSPS) is 12.3. The Kier molecular flexibility index (Phi) is 4.32. The standard InChI is InChI=1S/C18H16N2O2S/c1-23(22)11-14-16(18(19)21)13-9-5-6-10-15(13)20-17(14)12-7-3-2-4-8-12/h2-10H,11H2,1H3,(H2,19,21). The van der Waals surface area contributed by atoms with Gasteiger partial charge in [0.2, 0.25) is 5.91 Å². The van der Waals surface area contributed by atoms with E-state index in [0.29, 0.717) is 27.7 Å².